The van der Waals surface area contributed by atoms with Crippen LogP contribution in [0.1, 0.15) is 10.4 Å². The summed E-state index contributed by atoms with van der Waals surface area (Å²) in [5.74, 6) is -0.912. The summed E-state index contributed by atoms with van der Waals surface area (Å²) in [4.78, 5) is 10.2. The summed E-state index contributed by atoms with van der Waals surface area (Å²) in [5.41, 5.74) is 0.179. The van der Waals surface area contributed by atoms with Crippen LogP contribution in [-0.2, 0) is 0 Å². The number of aromatic carboxylic acids is 1. The standard InChI is InChI=1S/C7H6O3.BrH/c8-6-3-1-5(2-4-6)7(9)10;/h1-4,8H,(H,9,10);1H. The van der Waals surface area contributed by atoms with E-state index in [-0.39, 0.29) is 28.3 Å². The number of hydrogen-bond donors (Lipinski definition) is 2. The van der Waals surface area contributed by atoms with Gasteiger partial charge in [-0.1, -0.05) is 0 Å². The highest BCUT2D eigenvalue weighted by Crippen LogP contribution is 2.08. The average Bonchev–Trinajstić information content (AvgIpc) is 1.88. The van der Waals surface area contributed by atoms with Gasteiger partial charge in [0.15, 0.2) is 0 Å². The molecular weight excluding hydrogens is 212 g/mol. The van der Waals surface area contributed by atoms with Gasteiger partial charge in [0, 0.05) is 0 Å². The molecule has 0 unspecified atom stereocenters. The first-order valence-corrected chi connectivity index (χ1v) is 2.72. The van der Waals surface area contributed by atoms with E-state index >= 15 is 0 Å². The van der Waals surface area contributed by atoms with Gasteiger partial charge < -0.3 is 10.2 Å². The lowest BCUT2D eigenvalue weighted by Gasteiger charge is -1.92. The molecule has 0 heterocycles. The van der Waals surface area contributed by atoms with Crippen molar-refractivity contribution in [3.63, 3.8) is 0 Å². The van der Waals surface area contributed by atoms with Crippen LogP contribution in [0.15, 0.2) is 24.3 Å². The first-order chi connectivity index (χ1) is 4.70. The molecule has 0 radical (unpaired) electrons. The molecule has 1 aromatic carbocycles. The van der Waals surface area contributed by atoms with E-state index in [0.29, 0.717) is 0 Å². The lowest BCUT2D eigenvalue weighted by molar-refractivity contribution is 0.0697. The van der Waals surface area contributed by atoms with Crippen molar-refractivity contribution in [2.45, 2.75) is 0 Å². The van der Waals surface area contributed by atoms with Gasteiger partial charge >= 0.3 is 5.97 Å². The second kappa shape index (κ2) is 3.98. The van der Waals surface area contributed by atoms with E-state index in [1.807, 2.05) is 0 Å². The summed E-state index contributed by atoms with van der Waals surface area (Å²) in [6.07, 6.45) is 0. The molecular formula is C7H7BrO3. The molecule has 0 aliphatic carbocycles. The van der Waals surface area contributed by atoms with Crippen molar-refractivity contribution < 1.29 is 15.0 Å². The number of hydrogen-bond acceptors (Lipinski definition) is 2. The van der Waals surface area contributed by atoms with Crippen molar-refractivity contribution in [2.24, 2.45) is 0 Å². The number of benzene rings is 1. The lowest BCUT2D eigenvalue weighted by atomic mass is 10.2. The Kier molecular flexibility index (Phi) is 3.60. The molecule has 60 valence electrons. The van der Waals surface area contributed by atoms with Gasteiger partial charge in [-0.2, -0.15) is 0 Å². The predicted molar refractivity (Wildman–Crippen MR) is 45.4 cm³/mol. The highest BCUT2D eigenvalue weighted by Gasteiger charge is 1.99. The number of carboxylic acids is 1. The zero-order chi connectivity index (χ0) is 7.56. The Morgan fingerprint density at radius 1 is 1.18 bits per heavy atom. The normalized spacial score (nSPS) is 8.36. The van der Waals surface area contributed by atoms with Gasteiger partial charge in [-0.05, 0) is 24.3 Å². The van der Waals surface area contributed by atoms with E-state index in [2.05, 4.69) is 0 Å². The molecule has 0 aliphatic heterocycles. The SMILES string of the molecule is Br.O=C(O)c1ccc(O)cc1. The fourth-order valence-electron chi connectivity index (χ4n) is 0.604. The summed E-state index contributed by atoms with van der Waals surface area (Å²) >= 11 is 0. The number of phenols is 1. The van der Waals surface area contributed by atoms with Crippen molar-refractivity contribution in [1.29, 1.82) is 0 Å². The van der Waals surface area contributed by atoms with Crippen molar-refractivity contribution in [3.05, 3.63) is 29.8 Å². The van der Waals surface area contributed by atoms with E-state index in [4.69, 9.17) is 10.2 Å². The summed E-state index contributed by atoms with van der Waals surface area (Å²) in [6, 6.07) is 5.36. The molecule has 0 bridgehead atoms. The Morgan fingerprint density at radius 3 is 2.00 bits per heavy atom. The number of carbonyl (C=O) groups is 1. The highest BCUT2D eigenvalue weighted by atomic mass is 79.9. The summed E-state index contributed by atoms with van der Waals surface area (Å²) in [7, 11) is 0. The quantitative estimate of drug-likeness (QED) is 0.755. The van der Waals surface area contributed by atoms with Crippen molar-refractivity contribution in [3.8, 4) is 5.75 Å². The fraction of sp³-hybridized carbons (Fsp3) is 0. The number of carboxylic acid groups (broad SMARTS) is 1. The average molecular weight is 219 g/mol. The molecule has 4 heteroatoms. The second-order valence-corrected chi connectivity index (χ2v) is 1.85. The van der Waals surface area contributed by atoms with Gasteiger partial charge in [-0.15, -0.1) is 17.0 Å². The Morgan fingerprint density at radius 2 is 1.64 bits per heavy atom. The molecule has 1 rings (SSSR count). The molecule has 0 atom stereocenters. The van der Waals surface area contributed by atoms with Gasteiger partial charge in [0.2, 0.25) is 0 Å². The van der Waals surface area contributed by atoms with Crippen LogP contribution >= 0.6 is 17.0 Å². The first kappa shape index (κ1) is 9.97. The third-order valence-corrected chi connectivity index (χ3v) is 1.11. The smallest absolute Gasteiger partial charge is 0.335 e. The van der Waals surface area contributed by atoms with Crippen molar-refractivity contribution in [1.82, 2.24) is 0 Å². The number of phenolic OH excluding ortho intramolecular Hbond substituents is 1. The fourth-order valence-corrected chi connectivity index (χ4v) is 0.604. The maximum absolute atomic E-state index is 10.2. The summed E-state index contributed by atoms with van der Waals surface area (Å²) in [6.45, 7) is 0. The zero-order valence-electron chi connectivity index (χ0n) is 5.52. The first-order valence-electron chi connectivity index (χ1n) is 2.72. The topological polar surface area (TPSA) is 57.5 Å². The molecule has 0 saturated carbocycles. The van der Waals surface area contributed by atoms with Crippen molar-refractivity contribution >= 4 is 23.0 Å². The minimum Gasteiger partial charge on any atom is -0.508 e. The zero-order valence-corrected chi connectivity index (χ0v) is 7.23. The van der Waals surface area contributed by atoms with Crippen LogP contribution in [0.4, 0.5) is 0 Å². The monoisotopic (exact) mass is 218 g/mol. The number of rotatable bonds is 1. The third kappa shape index (κ3) is 2.59. The molecule has 11 heavy (non-hydrogen) atoms. The predicted octanol–water partition coefficient (Wildman–Crippen LogP) is 1.67. The van der Waals surface area contributed by atoms with Crippen LogP contribution in [0.25, 0.3) is 0 Å². The number of aromatic hydroxyl groups is 1. The molecule has 1 aromatic rings. The summed E-state index contributed by atoms with van der Waals surface area (Å²) < 4.78 is 0. The van der Waals surface area contributed by atoms with Crippen LogP contribution in [0.2, 0.25) is 0 Å². The largest absolute Gasteiger partial charge is 0.508 e. The Labute approximate surface area is 74.1 Å². The van der Waals surface area contributed by atoms with Gasteiger partial charge in [0.05, 0.1) is 5.56 Å². The van der Waals surface area contributed by atoms with E-state index in [1.165, 1.54) is 24.3 Å². The maximum Gasteiger partial charge on any atom is 0.335 e. The minimum atomic E-state index is -0.986. The Hall–Kier alpha value is -1.03. The summed E-state index contributed by atoms with van der Waals surface area (Å²) in [5, 5.41) is 17.1. The van der Waals surface area contributed by atoms with Crippen LogP contribution in [0.5, 0.6) is 5.75 Å². The lowest BCUT2D eigenvalue weighted by Crippen LogP contribution is -1.93. The third-order valence-electron chi connectivity index (χ3n) is 1.11. The van der Waals surface area contributed by atoms with Gasteiger partial charge in [-0.3, -0.25) is 0 Å². The molecule has 0 fully saturated rings. The van der Waals surface area contributed by atoms with E-state index < -0.39 is 5.97 Å². The molecule has 3 nitrogen and oxygen atoms in total. The van der Waals surface area contributed by atoms with Gasteiger partial charge in [-0.25, -0.2) is 4.79 Å². The molecule has 0 aliphatic rings. The van der Waals surface area contributed by atoms with Crippen LogP contribution in [-0.4, -0.2) is 16.2 Å². The van der Waals surface area contributed by atoms with Gasteiger partial charge in [0.1, 0.15) is 5.75 Å². The molecule has 0 amide bonds. The van der Waals surface area contributed by atoms with Gasteiger partial charge in [0.25, 0.3) is 0 Å². The van der Waals surface area contributed by atoms with Crippen LogP contribution in [0, 0.1) is 0 Å². The minimum absolute atomic E-state index is 0. The molecule has 0 spiro atoms. The molecule has 2 N–H and O–H groups in total. The molecule has 0 aromatic heterocycles. The van der Waals surface area contributed by atoms with Crippen LogP contribution in [0.3, 0.4) is 0 Å². The van der Waals surface area contributed by atoms with E-state index in [9.17, 15) is 4.79 Å². The Bertz CT molecular complexity index is 242. The highest BCUT2D eigenvalue weighted by molar-refractivity contribution is 8.93. The second-order valence-electron chi connectivity index (χ2n) is 1.85. The van der Waals surface area contributed by atoms with Crippen LogP contribution < -0.4 is 0 Å². The number of halogens is 1. The Balaban J connectivity index is 0.000001000. The van der Waals surface area contributed by atoms with E-state index in [1.54, 1.807) is 0 Å². The maximum atomic E-state index is 10.2. The van der Waals surface area contributed by atoms with Crippen molar-refractivity contribution in [2.75, 3.05) is 0 Å². The molecule has 0 saturated heterocycles. The van der Waals surface area contributed by atoms with E-state index in [0.717, 1.165) is 0 Å².